The number of hydrogen-bond acceptors (Lipinski definition) is 3. The summed E-state index contributed by atoms with van der Waals surface area (Å²) in [6.45, 7) is 5.80. The largest absolute Gasteiger partial charge is 0.326 e. The summed E-state index contributed by atoms with van der Waals surface area (Å²) >= 11 is 0. The summed E-state index contributed by atoms with van der Waals surface area (Å²) in [5, 5.41) is 2.94. The molecule has 1 atom stereocenters. The van der Waals surface area contributed by atoms with Crippen LogP contribution < -0.4 is 10.0 Å². The number of nitrogens with one attached hydrogen (secondary N) is 2. The average molecular weight is 437 g/mol. The Morgan fingerprint density at radius 1 is 0.935 bits per heavy atom. The zero-order chi connectivity index (χ0) is 22.4. The maximum Gasteiger partial charge on any atom is 0.241 e. The van der Waals surface area contributed by atoms with Crippen molar-refractivity contribution in [1.82, 2.24) is 4.72 Å². The molecule has 0 spiro atoms. The van der Waals surface area contributed by atoms with Gasteiger partial charge in [-0.2, -0.15) is 0 Å². The minimum Gasteiger partial charge on any atom is -0.326 e. The van der Waals surface area contributed by atoms with Crippen molar-refractivity contribution in [1.29, 1.82) is 0 Å². The fourth-order valence-corrected chi connectivity index (χ4v) is 4.60. The molecule has 0 aliphatic carbocycles. The van der Waals surface area contributed by atoms with Crippen LogP contribution in [-0.4, -0.2) is 14.3 Å². The standard InChI is InChI=1S/C25H28N2O3S/c1-18-9-15-24(19(2)17-18)26-25(28)16-12-21-10-13-23(14-11-21)31(29,30)27-20(3)22-7-5-4-6-8-22/h4-11,13-15,17,20,27H,12,16H2,1-3H3,(H,26,28)/t20-/m1/s1. The van der Waals surface area contributed by atoms with Crippen LogP contribution in [-0.2, 0) is 21.2 Å². The van der Waals surface area contributed by atoms with Gasteiger partial charge in [0, 0.05) is 18.2 Å². The lowest BCUT2D eigenvalue weighted by Crippen LogP contribution is -2.26. The summed E-state index contributed by atoms with van der Waals surface area (Å²) < 4.78 is 28.1. The highest BCUT2D eigenvalue weighted by atomic mass is 32.2. The smallest absolute Gasteiger partial charge is 0.241 e. The zero-order valence-electron chi connectivity index (χ0n) is 18.1. The van der Waals surface area contributed by atoms with Crippen molar-refractivity contribution in [2.75, 3.05) is 5.32 Å². The predicted octanol–water partition coefficient (Wildman–Crippen LogP) is 4.91. The normalized spacial score (nSPS) is 12.4. The summed E-state index contributed by atoms with van der Waals surface area (Å²) in [5.41, 5.74) is 4.80. The molecule has 0 bridgehead atoms. The van der Waals surface area contributed by atoms with Crippen molar-refractivity contribution in [3.8, 4) is 0 Å². The topological polar surface area (TPSA) is 75.3 Å². The van der Waals surface area contributed by atoms with Crippen LogP contribution in [0, 0.1) is 13.8 Å². The highest BCUT2D eigenvalue weighted by Crippen LogP contribution is 2.19. The Bertz CT molecular complexity index is 1140. The molecule has 0 saturated heterocycles. The molecule has 0 heterocycles. The highest BCUT2D eigenvalue weighted by molar-refractivity contribution is 7.89. The first-order valence-electron chi connectivity index (χ1n) is 10.3. The minimum absolute atomic E-state index is 0.0676. The van der Waals surface area contributed by atoms with Crippen LogP contribution >= 0.6 is 0 Å². The molecule has 3 rings (SSSR count). The van der Waals surface area contributed by atoms with Gasteiger partial charge in [-0.15, -0.1) is 0 Å². The van der Waals surface area contributed by atoms with E-state index >= 15 is 0 Å². The molecule has 0 aliphatic rings. The number of anilines is 1. The molecule has 1 amide bonds. The van der Waals surface area contributed by atoms with Crippen molar-refractivity contribution in [3.05, 3.63) is 95.1 Å². The Morgan fingerprint density at radius 3 is 2.26 bits per heavy atom. The molecule has 0 aromatic heterocycles. The van der Waals surface area contributed by atoms with Crippen LogP contribution in [0.5, 0.6) is 0 Å². The van der Waals surface area contributed by atoms with Gasteiger partial charge in [-0.3, -0.25) is 4.79 Å². The van der Waals surface area contributed by atoms with Gasteiger partial charge < -0.3 is 5.32 Å². The molecule has 0 saturated carbocycles. The van der Waals surface area contributed by atoms with Gasteiger partial charge >= 0.3 is 0 Å². The first-order chi connectivity index (χ1) is 14.7. The van der Waals surface area contributed by atoms with Gasteiger partial charge in [0.2, 0.25) is 15.9 Å². The van der Waals surface area contributed by atoms with E-state index in [0.29, 0.717) is 12.8 Å². The molecular weight excluding hydrogens is 408 g/mol. The fourth-order valence-electron chi connectivity index (χ4n) is 3.37. The first kappa shape index (κ1) is 22.7. The Kier molecular flexibility index (Phi) is 7.25. The molecule has 0 fully saturated rings. The Labute approximate surface area is 184 Å². The zero-order valence-corrected chi connectivity index (χ0v) is 18.9. The maximum absolute atomic E-state index is 12.7. The molecular formula is C25H28N2O3S. The van der Waals surface area contributed by atoms with Gasteiger partial charge in [0.25, 0.3) is 0 Å². The van der Waals surface area contributed by atoms with Crippen LogP contribution in [0.1, 0.15) is 41.6 Å². The lowest BCUT2D eigenvalue weighted by atomic mass is 10.1. The number of carbonyl (C=O) groups excluding carboxylic acids is 1. The monoisotopic (exact) mass is 436 g/mol. The van der Waals surface area contributed by atoms with Gasteiger partial charge in [-0.25, -0.2) is 13.1 Å². The second-order valence-corrected chi connectivity index (χ2v) is 9.48. The lowest BCUT2D eigenvalue weighted by Gasteiger charge is -2.15. The van der Waals surface area contributed by atoms with E-state index in [-0.39, 0.29) is 16.8 Å². The van der Waals surface area contributed by atoms with E-state index in [4.69, 9.17) is 0 Å². The van der Waals surface area contributed by atoms with Crippen molar-refractivity contribution in [2.45, 2.75) is 44.6 Å². The Morgan fingerprint density at radius 2 is 1.61 bits per heavy atom. The minimum atomic E-state index is -3.63. The van der Waals surface area contributed by atoms with Crippen LogP contribution in [0.25, 0.3) is 0 Å². The molecule has 162 valence electrons. The molecule has 3 aromatic carbocycles. The third-order valence-corrected chi connectivity index (χ3v) is 6.72. The summed E-state index contributed by atoms with van der Waals surface area (Å²) in [5.74, 6) is -0.0676. The second kappa shape index (κ2) is 9.90. The predicted molar refractivity (Wildman–Crippen MR) is 124 cm³/mol. The lowest BCUT2D eigenvalue weighted by molar-refractivity contribution is -0.116. The van der Waals surface area contributed by atoms with Crippen LogP contribution in [0.15, 0.2) is 77.7 Å². The van der Waals surface area contributed by atoms with Crippen LogP contribution in [0.3, 0.4) is 0 Å². The number of rotatable bonds is 8. The van der Waals surface area contributed by atoms with Crippen LogP contribution in [0.4, 0.5) is 5.69 Å². The van der Waals surface area contributed by atoms with Gasteiger partial charge in [0.15, 0.2) is 0 Å². The third kappa shape index (κ3) is 6.26. The van der Waals surface area contributed by atoms with E-state index in [9.17, 15) is 13.2 Å². The third-order valence-electron chi connectivity index (χ3n) is 5.16. The van der Waals surface area contributed by atoms with Gasteiger partial charge in [0.1, 0.15) is 0 Å². The van der Waals surface area contributed by atoms with Crippen molar-refractivity contribution in [2.24, 2.45) is 0 Å². The van der Waals surface area contributed by atoms with Crippen LogP contribution in [0.2, 0.25) is 0 Å². The van der Waals surface area contributed by atoms with Gasteiger partial charge in [-0.1, -0.05) is 60.2 Å². The molecule has 6 heteroatoms. The summed E-state index contributed by atoms with van der Waals surface area (Å²) in [4.78, 5) is 12.5. The number of sulfonamides is 1. The molecule has 5 nitrogen and oxygen atoms in total. The molecule has 31 heavy (non-hydrogen) atoms. The number of amides is 1. The molecule has 0 radical (unpaired) electrons. The number of aryl methyl sites for hydroxylation is 3. The van der Waals surface area contributed by atoms with Crippen molar-refractivity contribution < 1.29 is 13.2 Å². The van der Waals surface area contributed by atoms with Gasteiger partial charge in [0.05, 0.1) is 4.90 Å². The SMILES string of the molecule is Cc1ccc(NC(=O)CCc2ccc(S(=O)(=O)N[C@H](C)c3ccccc3)cc2)c(C)c1. The van der Waals surface area contributed by atoms with Gasteiger partial charge in [-0.05, 0) is 62.1 Å². The summed E-state index contributed by atoms with van der Waals surface area (Å²) in [7, 11) is -3.63. The van der Waals surface area contributed by atoms with E-state index in [2.05, 4.69) is 10.0 Å². The number of benzene rings is 3. The summed E-state index contributed by atoms with van der Waals surface area (Å²) in [6, 6.07) is 21.7. The fraction of sp³-hybridized carbons (Fsp3) is 0.240. The average Bonchev–Trinajstić information content (AvgIpc) is 2.75. The van der Waals surface area contributed by atoms with E-state index < -0.39 is 10.0 Å². The second-order valence-electron chi connectivity index (χ2n) is 7.76. The van der Waals surface area contributed by atoms with E-state index in [1.54, 1.807) is 24.3 Å². The van der Waals surface area contributed by atoms with E-state index in [1.165, 1.54) is 0 Å². The maximum atomic E-state index is 12.7. The molecule has 0 aliphatic heterocycles. The Balaban J connectivity index is 1.57. The molecule has 2 N–H and O–H groups in total. The quantitative estimate of drug-likeness (QED) is 0.527. The van der Waals surface area contributed by atoms with Crippen molar-refractivity contribution >= 4 is 21.6 Å². The van der Waals surface area contributed by atoms with E-state index in [1.807, 2.05) is 69.3 Å². The summed E-state index contributed by atoms with van der Waals surface area (Å²) in [6.07, 6.45) is 0.855. The number of carbonyl (C=O) groups is 1. The van der Waals surface area contributed by atoms with Crippen molar-refractivity contribution in [3.63, 3.8) is 0 Å². The highest BCUT2D eigenvalue weighted by Gasteiger charge is 2.18. The first-order valence-corrected chi connectivity index (χ1v) is 11.8. The molecule has 3 aromatic rings. The molecule has 0 unspecified atom stereocenters. The Hall–Kier alpha value is -2.96. The van der Waals surface area contributed by atoms with E-state index in [0.717, 1.165) is 27.9 Å². The number of hydrogen-bond donors (Lipinski definition) is 2.